The molecule has 0 saturated heterocycles. The molecule has 0 aliphatic heterocycles. The van der Waals surface area contributed by atoms with E-state index in [1.54, 1.807) is 13.8 Å². The Morgan fingerprint density at radius 1 is 0.694 bits per heavy atom. The van der Waals surface area contributed by atoms with Gasteiger partial charge in [-0.05, 0) is 37.1 Å². The first-order chi connectivity index (χ1) is 17.7. The van der Waals surface area contributed by atoms with E-state index in [0.717, 1.165) is 38.2 Å². The highest BCUT2D eigenvalue weighted by Gasteiger charge is 2.32. The van der Waals surface area contributed by atoms with Gasteiger partial charge in [0, 0.05) is 22.2 Å². The van der Waals surface area contributed by atoms with E-state index < -0.39 is 5.97 Å². The highest BCUT2D eigenvalue weighted by molar-refractivity contribution is 7.21. The maximum Gasteiger partial charge on any atom is 0.356 e. The molecule has 0 saturated carbocycles. The van der Waals surface area contributed by atoms with Crippen LogP contribution in [0.4, 0.5) is 0 Å². The van der Waals surface area contributed by atoms with Gasteiger partial charge in [0.15, 0.2) is 0 Å². The van der Waals surface area contributed by atoms with Crippen molar-refractivity contribution < 1.29 is 19.1 Å². The maximum absolute atomic E-state index is 13.5. The summed E-state index contributed by atoms with van der Waals surface area (Å²) < 4.78 is 12.9. The first-order valence-electron chi connectivity index (χ1n) is 11.9. The zero-order valence-corrected chi connectivity index (χ0v) is 20.9. The third-order valence-electron chi connectivity index (χ3n) is 5.87. The molecule has 5 aromatic rings. The van der Waals surface area contributed by atoms with Gasteiger partial charge in [-0.1, -0.05) is 78.9 Å². The molecule has 0 N–H and O–H groups in total. The van der Waals surface area contributed by atoms with Crippen LogP contribution in [0.2, 0.25) is 0 Å². The van der Waals surface area contributed by atoms with E-state index in [1.165, 1.54) is 11.3 Å². The molecule has 2 heterocycles. The summed E-state index contributed by atoms with van der Waals surface area (Å²) in [6.07, 6.45) is 0. The fourth-order valence-electron chi connectivity index (χ4n) is 4.46. The molecule has 180 valence electrons. The molecule has 2 aromatic heterocycles. The molecular formula is C30H25NO4S. The van der Waals surface area contributed by atoms with Gasteiger partial charge < -0.3 is 9.47 Å². The number of carbonyl (C=O) groups excluding carboxylic acids is 2. The minimum atomic E-state index is -0.416. The minimum absolute atomic E-state index is 0.250. The smallest absolute Gasteiger partial charge is 0.356 e. The number of thiophene rings is 1. The number of carbonyl (C=O) groups is 2. The van der Waals surface area contributed by atoms with Gasteiger partial charge in [0.1, 0.15) is 15.4 Å². The van der Waals surface area contributed by atoms with Crippen LogP contribution in [0.25, 0.3) is 38.2 Å². The Hall–Kier alpha value is -4.16. The fourth-order valence-corrected chi connectivity index (χ4v) is 5.71. The second-order valence-corrected chi connectivity index (χ2v) is 9.05. The monoisotopic (exact) mass is 495 g/mol. The second-order valence-electron chi connectivity index (χ2n) is 8.05. The van der Waals surface area contributed by atoms with Crippen LogP contribution in [0.15, 0.2) is 91.0 Å². The van der Waals surface area contributed by atoms with Crippen LogP contribution in [-0.4, -0.2) is 29.7 Å². The molecule has 0 bridgehead atoms. The van der Waals surface area contributed by atoms with E-state index in [-0.39, 0.29) is 19.2 Å². The molecule has 0 fully saturated rings. The first-order valence-corrected chi connectivity index (χ1v) is 12.7. The summed E-state index contributed by atoms with van der Waals surface area (Å²) in [5.74, 6) is -0.797. The molecule has 0 aliphatic carbocycles. The normalized spacial score (nSPS) is 10.9. The van der Waals surface area contributed by atoms with Crippen molar-refractivity contribution in [2.24, 2.45) is 0 Å². The Bertz CT molecular complexity index is 1480. The Balaban J connectivity index is 1.99. The Labute approximate surface area is 213 Å². The lowest BCUT2D eigenvalue weighted by Gasteiger charge is -2.12. The van der Waals surface area contributed by atoms with Crippen molar-refractivity contribution >= 4 is 33.5 Å². The molecular weight excluding hydrogens is 470 g/mol. The summed E-state index contributed by atoms with van der Waals surface area (Å²) in [4.78, 5) is 28.0. The quantitative estimate of drug-likeness (QED) is 0.221. The van der Waals surface area contributed by atoms with Crippen molar-refractivity contribution in [1.29, 1.82) is 0 Å². The van der Waals surface area contributed by atoms with Crippen LogP contribution in [0.5, 0.6) is 0 Å². The van der Waals surface area contributed by atoms with Gasteiger partial charge in [-0.2, -0.15) is 0 Å². The van der Waals surface area contributed by atoms with Crippen molar-refractivity contribution in [3.05, 3.63) is 102 Å². The summed E-state index contributed by atoms with van der Waals surface area (Å²) in [6, 6.07) is 29.2. The van der Waals surface area contributed by atoms with E-state index in [9.17, 15) is 9.59 Å². The van der Waals surface area contributed by atoms with Crippen LogP contribution in [0.1, 0.15) is 34.0 Å². The van der Waals surface area contributed by atoms with Gasteiger partial charge in [0.05, 0.1) is 13.2 Å². The highest BCUT2D eigenvalue weighted by atomic mass is 32.1. The van der Waals surface area contributed by atoms with E-state index in [2.05, 4.69) is 0 Å². The van der Waals surface area contributed by atoms with Gasteiger partial charge in [-0.3, -0.25) is 4.57 Å². The lowest BCUT2D eigenvalue weighted by molar-refractivity contribution is 0.0514. The molecule has 0 amide bonds. The lowest BCUT2D eigenvalue weighted by atomic mass is 9.96. The molecule has 0 aliphatic rings. The van der Waals surface area contributed by atoms with Crippen molar-refractivity contribution in [3.8, 4) is 27.9 Å². The lowest BCUT2D eigenvalue weighted by Crippen LogP contribution is -2.12. The van der Waals surface area contributed by atoms with Crippen LogP contribution in [0, 0.1) is 0 Å². The van der Waals surface area contributed by atoms with Crippen LogP contribution in [0.3, 0.4) is 0 Å². The average molecular weight is 496 g/mol. The predicted octanol–water partition coefficient (Wildman–Crippen LogP) is 7.38. The van der Waals surface area contributed by atoms with Crippen molar-refractivity contribution in [2.45, 2.75) is 13.8 Å². The van der Waals surface area contributed by atoms with Crippen LogP contribution >= 0.6 is 11.3 Å². The highest BCUT2D eigenvalue weighted by Crippen LogP contribution is 2.48. The van der Waals surface area contributed by atoms with E-state index in [4.69, 9.17) is 9.47 Å². The van der Waals surface area contributed by atoms with Gasteiger partial charge in [-0.15, -0.1) is 11.3 Å². The SMILES string of the molecule is CCOC(=O)c1sc2c(c1-c1ccccc1)c(-c1ccccc1)c(C(=O)OCC)n2-c1ccccc1. The van der Waals surface area contributed by atoms with Crippen molar-refractivity contribution in [1.82, 2.24) is 4.57 Å². The Kier molecular flexibility index (Phi) is 6.69. The Morgan fingerprint density at radius 3 is 1.75 bits per heavy atom. The van der Waals surface area contributed by atoms with E-state index in [0.29, 0.717) is 10.6 Å². The Morgan fingerprint density at radius 2 is 1.19 bits per heavy atom. The number of benzene rings is 3. The molecule has 0 radical (unpaired) electrons. The molecule has 3 aromatic carbocycles. The molecule has 0 spiro atoms. The van der Waals surface area contributed by atoms with Gasteiger partial charge in [-0.25, -0.2) is 9.59 Å². The molecule has 0 atom stereocenters. The number of fused-ring (bicyclic) bond motifs is 1. The molecule has 5 nitrogen and oxygen atoms in total. The number of aromatic nitrogens is 1. The van der Waals surface area contributed by atoms with Gasteiger partial charge in [0.2, 0.25) is 0 Å². The van der Waals surface area contributed by atoms with Crippen LogP contribution < -0.4 is 0 Å². The molecule has 5 rings (SSSR count). The summed E-state index contributed by atoms with van der Waals surface area (Å²) >= 11 is 1.33. The maximum atomic E-state index is 13.5. The van der Waals surface area contributed by atoms with Crippen molar-refractivity contribution in [2.75, 3.05) is 13.2 Å². The summed E-state index contributed by atoms with van der Waals surface area (Å²) in [7, 11) is 0. The van der Waals surface area contributed by atoms with Gasteiger partial charge >= 0.3 is 11.9 Å². The van der Waals surface area contributed by atoms with Crippen LogP contribution in [-0.2, 0) is 9.47 Å². The largest absolute Gasteiger partial charge is 0.462 e. The standard InChI is InChI=1S/C30H25NO4S/c1-3-34-29(32)26-23(20-14-8-5-9-15-20)25-24(21-16-10-6-11-17-21)27(30(33)35-4-2)36-28(25)31(26)22-18-12-7-13-19-22/h5-19H,3-4H2,1-2H3. The summed E-state index contributed by atoms with van der Waals surface area (Å²) in [5, 5.41) is 0.826. The number of hydrogen-bond acceptors (Lipinski definition) is 5. The molecule has 0 unspecified atom stereocenters. The molecule has 6 heteroatoms. The van der Waals surface area contributed by atoms with Crippen molar-refractivity contribution in [3.63, 3.8) is 0 Å². The summed E-state index contributed by atoms with van der Waals surface area (Å²) in [5.41, 5.74) is 4.48. The number of ether oxygens (including phenoxy) is 2. The van der Waals surface area contributed by atoms with E-state index in [1.807, 2.05) is 95.6 Å². The first kappa shape index (κ1) is 23.6. The van der Waals surface area contributed by atoms with E-state index >= 15 is 0 Å². The number of nitrogens with zero attached hydrogens (tertiary/aromatic N) is 1. The predicted molar refractivity (Wildman–Crippen MR) is 144 cm³/mol. The number of esters is 2. The molecule has 36 heavy (non-hydrogen) atoms. The fraction of sp³-hybridized carbons (Fsp3) is 0.133. The number of rotatable bonds is 7. The topological polar surface area (TPSA) is 57.5 Å². The number of hydrogen-bond donors (Lipinski definition) is 0. The summed E-state index contributed by atoms with van der Waals surface area (Å²) in [6.45, 7) is 4.12. The third kappa shape index (κ3) is 4.10. The zero-order chi connectivity index (χ0) is 25.1. The minimum Gasteiger partial charge on any atom is -0.462 e. The number of para-hydroxylation sites is 1. The zero-order valence-electron chi connectivity index (χ0n) is 20.1. The van der Waals surface area contributed by atoms with Gasteiger partial charge in [0.25, 0.3) is 0 Å². The average Bonchev–Trinajstić information content (AvgIpc) is 3.45. The second kappa shape index (κ2) is 10.2. The third-order valence-corrected chi connectivity index (χ3v) is 7.03.